The summed E-state index contributed by atoms with van der Waals surface area (Å²) in [6.45, 7) is 2.56. The van der Waals surface area contributed by atoms with Crippen molar-refractivity contribution < 1.29 is 9.53 Å². The van der Waals surface area contributed by atoms with Crippen LogP contribution < -0.4 is 5.73 Å². The highest BCUT2D eigenvalue weighted by atomic mass is 32.1. The van der Waals surface area contributed by atoms with Crippen LogP contribution >= 0.6 is 12.2 Å². The molecule has 7 nitrogen and oxygen atoms in total. The number of morpholine rings is 1. The molecule has 92 valence electrons. The molecule has 0 radical (unpaired) electrons. The summed E-state index contributed by atoms with van der Waals surface area (Å²) in [5, 5.41) is 4.01. The Morgan fingerprint density at radius 1 is 1.53 bits per heavy atom. The molecule has 1 aromatic heterocycles. The van der Waals surface area contributed by atoms with Crippen molar-refractivity contribution in [1.82, 2.24) is 19.7 Å². The molecule has 8 heteroatoms. The molecule has 0 spiro atoms. The highest BCUT2D eigenvalue weighted by Crippen LogP contribution is 1.99. The Hall–Kier alpha value is -1.54. The zero-order valence-electron chi connectivity index (χ0n) is 9.20. The van der Waals surface area contributed by atoms with Crippen LogP contribution in [0.3, 0.4) is 0 Å². The summed E-state index contributed by atoms with van der Waals surface area (Å²) in [5.74, 6) is 0.280. The van der Waals surface area contributed by atoms with Crippen LogP contribution in [-0.4, -0.2) is 56.9 Å². The molecule has 0 unspecified atom stereocenters. The predicted octanol–water partition coefficient (Wildman–Crippen LogP) is -1.23. The Labute approximate surface area is 104 Å². The van der Waals surface area contributed by atoms with Gasteiger partial charge in [-0.15, -0.1) is 5.10 Å². The van der Waals surface area contributed by atoms with Crippen LogP contribution in [0.15, 0.2) is 6.33 Å². The van der Waals surface area contributed by atoms with E-state index in [4.69, 9.17) is 22.7 Å². The number of ether oxygens (including phenoxy) is 1. The van der Waals surface area contributed by atoms with Crippen LogP contribution in [0.2, 0.25) is 0 Å². The molecule has 2 heterocycles. The molecule has 0 aliphatic carbocycles. The van der Waals surface area contributed by atoms with Crippen molar-refractivity contribution in [2.45, 2.75) is 6.54 Å². The van der Waals surface area contributed by atoms with Gasteiger partial charge in [0.15, 0.2) is 0 Å². The summed E-state index contributed by atoms with van der Waals surface area (Å²) >= 11 is 4.74. The van der Waals surface area contributed by atoms with E-state index in [9.17, 15) is 4.79 Å². The number of thiocarbonyl (C=S) groups is 1. The van der Waals surface area contributed by atoms with Gasteiger partial charge in [-0.05, 0) is 0 Å². The predicted molar refractivity (Wildman–Crippen MR) is 63.3 cm³/mol. The highest BCUT2D eigenvalue weighted by Gasteiger charge is 2.17. The van der Waals surface area contributed by atoms with E-state index in [0.29, 0.717) is 26.3 Å². The Balaban J connectivity index is 1.94. The molecule has 1 amide bonds. The summed E-state index contributed by atoms with van der Waals surface area (Å²) < 4.78 is 6.61. The van der Waals surface area contributed by atoms with Crippen LogP contribution in [0.1, 0.15) is 5.82 Å². The molecule has 0 atom stereocenters. The highest BCUT2D eigenvalue weighted by molar-refractivity contribution is 7.80. The first-order valence-corrected chi connectivity index (χ1v) is 5.62. The van der Waals surface area contributed by atoms with Crippen molar-refractivity contribution in [3.8, 4) is 0 Å². The van der Waals surface area contributed by atoms with Gasteiger partial charge in [0.1, 0.15) is 17.9 Å². The zero-order valence-corrected chi connectivity index (χ0v) is 10.0. The number of carbonyl (C=O) groups is 1. The summed E-state index contributed by atoms with van der Waals surface area (Å²) in [6.07, 6.45) is 1.45. The van der Waals surface area contributed by atoms with Crippen molar-refractivity contribution in [3.05, 3.63) is 12.2 Å². The minimum atomic E-state index is -0.00677. The van der Waals surface area contributed by atoms with Crippen LogP contribution in [0.25, 0.3) is 0 Å². The van der Waals surface area contributed by atoms with Crippen LogP contribution in [0, 0.1) is 0 Å². The summed E-state index contributed by atoms with van der Waals surface area (Å²) in [5.41, 5.74) is 5.38. The van der Waals surface area contributed by atoms with Crippen molar-refractivity contribution >= 4 is 23.1 Å². The van der Waals surface area contributed by atoms with Crippen molar-refractivity contribution in [2.75, 3.05) is 26.3 Å². The van der Waals surface area contributed by atoms with E-state index in [1.54, 1.807) is 4.90 Å². The SMILES string of the molecule is NC(=S)c1ncn(CC(=O)N2CCOCC2)n1. The van der Waals surface area contributed by atoms with Gasteiger partial charge in [-0.1, -0.05) is 12.2 Å². The van der Waals surface area contributed by atoms with E-state index in [1.807, 2.05) is 0 Å². The topological polar surface area (TPSA) is 86.3 Å². The molecule has 0 aromatic carbocycles. The lowest BCUT2D eigenvalue weighted by Gasteiger charge is -2.26. The van der Waals surface area contributed by atoms with Crippen molar-refractivity contribution in [1.29, 1.82) is 0 Å². The van der Waals surface area contributed by atoms with E-state index < -0.39 is 0 Å². The largest absolute Gasteiger partial charge is 0.387 e. The minimum absolute atomic E-state index is 0.00677. The molecular formula is C9H13N5O2S. The minimum Gasteiger partial charge on any atom is -0.387 e. The third-order valence-corrected chi connectivity index (χ3v) is 2.60. The molecule has 2 N–H and O–H groups in total. The lowest BCUT2D eigenvalue weighted by atomic mass is 10.4. The third-order valence-electron chi connectivity index (χ3n) is 2.42. The second-order valence-electron chi connectivity index (χ2n) is 3.62. The monoisotopic (exact) mass is 255 g/mol. The van der Waals surface area contributed by atoms with Gasteiger partial charge in [0.05, 0.1) is 13.2 Å². The maximum atomic E-state index is 11.9. The first-order chi connectivity index (χ1) is 8.16. The van der Waals surface area contributed by atoms with Gasteiger partial charge in [-0.2, -0.15) is 0 Å². The average Bonchev–Trinajstić information content (AvgIpc) is 2.79. The number of nitrogens with zero attached hydrogens (tertiary/aromatic N) is 4. The first-order valence-electron chi connectivity index (χ1n) is 5.21. The van der Waals surface area contributed by atoms with Gasteiger partial charge >= 0.3 is 0 Å². The molecule has 1 saturated heterocycles. The first kappa shape index (κ1) is 11.9. The van der Waals surface area contributed by atoms with E-state index in [2.05, 4.69) is 10.1 Å². The lowest BCUT2D eigenvalue weighted by molar-refractivity contribution is -0.136. The molecule has 0 saturated carbocycles. The molecular weight excluding hydrogens is 242 g/mol. The second-order valence-corrected chi connectivity index (χ2v) is 4.06. The molecule has 1 aliphatic rings. The van der Waals surface area contributed by atoms with E-state index in [-0.39, 0.29) is 23.3 Å². The summed E-state index contributed by atoms with van der Waals surface area (Å²) in [6, 6.07) is 0. The Morgan fingerprint density at radius 3 is 2.82 bits per heavy atom. The van der Waals surface area contributed by atoms with Crippen LogP contribution in [0.5, 0.6) is 0 Å². The van der Waals surface area contributed by atoms with E-state index >= 15 is 0 Å². The quantitative estimate of drug-likeness (QED) is 0.681. The van der Waals surface area contributed by atoms with Gasteiger partial charge in [-0.25, -0.2) is 9.67 Å². The number of carbonyl (C=O) groups excluding carboxylic acids is 1. The fraction of sp³-hybridized carbons (Fsp3) is 0.556. The van der Waals surface area contributed by atoms with E-state index in [0.717, 1.165) is 0 Å². The summed E-state index contributed by atoms with van der Waals surface area (Å²) in [4.78, 5) is 17.6. The second kappa shape index (κ2) is 5.19. The fourth-order valence-electron chi connectivity index (χ4n) is 1.54. The average molecular weight is 255 g/mol. The Morgan fingerprint density at radius 2 is 2.24 bits per heavy atom. The molecule has 1 aliphatic heterocycles. The summed E-state index contributed by atoms with van der Waals surface area (Å²) in [7, 11) is 0. The van der Waals surface area contributed by atoms with Gasteiger partial charge in [0.25, 0.3) is 0 Å². The fourth-order valence-corrected chi connectivity index (χ4v) is 1.63. The Kier molecular flexibility index (Phi) is 3.64. The van der Waals surface area contributed by atoms with Crippen molar-refractivity contribution in [3.63, 3.8) is 0 Å². The number of amides is 1. The molecule has 1 aromatic rings. The third kappa shape index (κ3) is 2.98. The van der Waals surface area contributed by atoms with Gasteiger partial charge in [0, 0.05) is 13.1 Å². The number of nitrogens with two attached hydrogens (primary N) is 1. The van der Waals surface area contributed by atoms with E-state index in [1.165, 1.54) is 11.0 Å². The number of hydrogen-bond acceptors (Lipinski definition) is 5. The van der Waals surface area contributed by atoms with Crippen LogP contribution in [0.4, 0.5) is 0 Å². The van der Waals surface area contributed by atoms with Gasteiger partial charge in [-0.3, -0.25) is 4.79 Å². The molecule has 1 fully saturated rings. The molecule has 2 rings (SSSR count). The van der Waals surface area contributed by atoms with Gasteiger partial charge < -0.3 is 15.4 Å². The smallest absolute Gasteiger partial charge is 0.244 e. The number of rotatable bonds is 3. The van der Waals surface area contributed by atoms with Crippen LogP contribution in [-0.2, 0) is 16.1 Å². The standard InChI is InChI=1S/C9H13N5O2S/c10-8(17)9-11-6-14(12-9)5-7(15)13-1-3-16-4-2-13/h6H,1-5H2,(H2,10,17). The zero-order chi connectivity index (χ0) is 12.3. The lowest BCUT2D eigenvalue weighted by Crippen LogP contribution is -2.42. The molecule has 0 bridgehead atoms. The number of hydrogen-bond donors (Lipinski definition) is 1. The molecule has 17 heavy (non-hydrogen) atoms. The van der Waals surface area contributed by atoms with Gasteiger partial charge in [0.2, 0.25) is 11.7 Å². The number of aromatic nitrogens is 3. The Bertz CT molecular complexity index is 427. The van der Waals surface area contributed by atoms with Crippen molar-refractivity contribution in [2.24, 2.45) is 5.73 Å². The maximum Gasteiger partial charge on any atom is 0.244 e. The normalized spacial score (nSPS) is 15.9. The maximum absolute atomic E-state index is 11.9.